The molecule has 6 heteroatoms. The first-order valence-corrected chi connectivity index (χ1v) is 12.2. The maximum absolute atomic E-state index is 13.1. The molecule has 1 fully saturated rings. The molecule has 3 rings (SSSR count). The minimum atomic E-state index is -3.58. The number of hydrogen-bond acceptors (Lipinski definition) is 3. The van der Waals surface area contributed by atoms with E-state index in [0.717, 1.165) is 31.2 Å². The number of carbonyl (C=O) groups excluding carboxylic acids is 1. The number of rotatable bonds is 7. The first-order valence-electron chi connectivity index (χ1n) is 10.7. The molecule has 0 aromatic heterocycles. The van der Waals surface area contributed by atoms with Gasteiger partial charge in [-0.15, -0.1) is 0 Å². The van der Waals surface area contributed by atoms with Crippen LogP contribution < -0.4 is 5.32 Å². The van der Waals surface area contributed by atoms with Crippen molar-refractivity contribution in [1.82, 2.24) is 9.62 Å². The minimum absolute atomic E-state index is 0.0130. The summed E-state index contributed by atoms with van der Waals surface area (Å²) < 4.78 is 27.7. The predicted molar refractivity (Wildman–Crippen MR) is 120 cm³/mol. The van der Waals surface area contributed by atoms with Crippen molar-refractivity contribution in [2.75, 3.05) is 13.1 Å². The molecule has 1 N–H and O–H groups in total. The van der Waals surface area contributed by atoms with Crippen LogP contribution in [0.25, 0.3) is 0 Å². The Bertz CT molecular complexity index is 965. The average molecular weight is 429 g/mol. The normalized spacial score (nSPS) is 16.9. The van der Waals surface area contributed by atoms with Crippen LogP contribution in [-0.2, 0) is 16.4 Å². The van der Waals surface area contributed by atoms with Crippen LogP contribution >= 0.6 is 0 Å². The summed E-state index contributed by atoms with van der Waals surface area (Å²) in [5.41, 5.74) is 2.43. The number of benzene rings is 2. The highest BCUT2D eigenvalue weighted by Gasteiger charge is 2.29. The van der Waals surface area contributed by atoms with Crippen molar-refractivity contribution < 1.29 is 13.2 Å². The van der Waals surface area contributed by atoms with E-state index in [0.29, 0.717) is 24.6 Å². The number of hydrogen-bond donors (Lipinski definition) is 1. The quantitative estimate of drug-likeness (QED) is 0.720. The third kappa shape index (κ3) is 5.49. The van der Waals surface area contributed by atoms with E-state index in [1.807, 2.05) is 32.0 Å². The van der Waals surface area contributed by atoms with Gasteiger partial charge >= 0.3 is 0 Å². The molecular weight excluding hydrogens is 396 g/mol. The van der Waals surface area contributed by atoms with Crippen molar-refractivity contribution in [2.24, 2.45) is 5.92 Å². The molecule has 1 atom stereocenters. The van der Waals surface area contributed by atoms with Crippen LogP contribution in [0.2, 0.25) is 0 Å². The highest BCUT2D eigenvalue weighted by molar-refractivity contribution is 7.89. The second kappa shape index (κ2) is 9.75. The molecule has 0 aliphatic carbocycles. The van der Waals surface area contributed by atoms with E-state index in [-0.39, 0.29) is 16.8 Å². The zero-order valence-electron chi connectivity index (χ0n) is 18.1. The highest BCUT2D eigenvalue weighted by Crippen LogP contribution is 2.25. The molecule has 0 saturated carbocycles. The second-order valence-corrected chi connectivity index (χ2v) is 10.4. The van der Waals surface area contributed by atoms with Gasteiger partial charge in [-0.1, -0.05) is 43.3 Å². The molecule has 2 aromatic rings. The summed E-state index contributed by atoms with van der Waals surface area (Å²) in [4.78, 5) is 13.1. The molecule has 0 spiro atoms. The predicted octanol–water partition coefficient (Wildman–Crippen LogP) is 4.17. The number of piperidine rings is 1. The molecule has 162 valence electrons. The molecule has 0 unspecified atom stereocenters. The fraction of sp³-hybridized carbons (Fsp3) is 0.458. The molecule has 30 heavy (non-hydrogen) atoms. The first kappa shape index (κ1) is 22.5. The van der Waals surface area contributed by atoms with E-state index < -0.39 is 10.0 Å². The SMILES string of the molecule is Cc1ccc(S(=O)(=O)N2CCC(C)CC2)cc1C(=O)N[C@H](C)CCc1ccccc1. The van der Waals surface area contributed by atoms with Crippen LogP contribution in [0.3, 0.4) is 0 Å². The van der Waals surface area contributed by atoms with Gasteiger partial charge in [0.05, 0.1) is 4.90 Å². The number of carbonyl (C=O) groups is 1. The zero-order valence-corrected chi connectivity index (χ0v) is 18.9. The summed E-state index contributed by atoms with van der Waals surface area (Å²) in [5.74, 6) is 0.325. The Balaban J connectivity index is 1.68. The van der Waals surface area contributed by atoms with E-state index in [9.17, 15) is 13.2 Å². The zero-order chi connectivity index (χ0) is 21.7. The van der Waals surface area contributed by atoms with Crippen molar-refractivity contribution in [1.29, 1.82) is 0 Å². The Morgan fingerprint density at radius 2 is 1.80 bits per heavy atom. The molecular formula is C24H32N2O3S. The van der Waals surface area contributed by atoms with Crippen LogP contribution in [0.5, 0.6) is 0 Å². The number of aryl methyl sites for hydroxylation is 2. The lowest BCUT2D eigenvalue weighted by Crippen LogP contribution is -2.38. The van der Waals surface area contributed by atoms with Gasteiger partial charge < -0.3 is 5.32 Å². The van der Waals surface area contributed by atoms with E-state index in [1.54, 1.807) is 16.4 Å². The lowest BCUT2D eigenvalue weighted by Gasteiger charge is -2.29. The Morgan fingerprint density at radius 3 is 2.47 bits per heavy atom. The monoisotopic (exact) mass is 428 g/mol. The average Bonchev–Trinajstić information content (AvgIpc) is 2.73. The van der Waals surface area contributed by atoms with E-state index in [1.165, 1.54) is 11.6 Å². The molecule has 0 bridgehead atoms. The molecule has 1 saturated heterocycles. The maximum atomic E-state index is 13.1. The molecule has 2 aromatic carbocycles. The van der Waals surface area contributed by atoms with Crippen LogP contribution in [-0.4, -0.2) is 37.8 Å². The van der Waals surface area contributed by atoms with Crippen molar-refractivity contribution in [3.05, 3.63) is 65.2 Å². The first-order chi connectivity index (χ1) is 14.3. The van der Waals surface area contributed by atoms with Crippen molar-refractivity contribution in [3.63, 3.8) is 0 Å². The molecule has 1 heterocycles. The van der Waals surface area contributed by atoms with Gasteiger partial charge in [0.25, 0.3) is 5.91 Å². The Labute approximate surface area is 180 Å². The summed E-state index contributed by atoms with van der Waals surface area (Å²) in [6.07, 6.45) is 3.44. The molecule has 1 aliphatic rings. The summed E-state index contributed by atoms with van der Waals surface area (Å²) in [7, 11) is -3.58. The van der Waals surface area contributed by atoms with Gasteiger partial charge in [0.1, 0.15) is 0 Å². The van der Waals surface area contributed by atoms with Crippen LogP contribution in [0, 0.1) is 12.8 Å². The third-order valence-electron chi connectivity index (χ3n) is 5.92. The van der Waals surface area contributed by atoms with Gasteiger partial charge in [-0.2, -0.15) is 4.31 Å². The Kier molecular flexibility index (Phi) is 7.32. The van der Waals surface area contributed by atoms with Gasteiger partial charge in [-0.3, -0.25) is 4.79 Å². The topological polar surface area (TPSA) is 66.5 Å². The molecule has 5 nitrogen and oxygen atoms in total. The van der Waals surface area contributed by atoms with Crippen LogP contribution in [0.15, 0.2) is 53.4 Å². The van der Waals surface area contributed by atoms with Gasteiger partial charge in [0.15, 0.2) is 0 Å². The summed E-state index contributed by atoms with van der Waals surface area (Å²) in [6.45, 7) is 7.04. The molecule has 0 radical (unpaired) electrons. The van der Waals surface area contributed by atoms with E-state index >= 15 is 0 Å². The third-order valence-corrected chi connectivity index (χ3v) is 7.82. The largest absolute Gasteiger partial charge is 0.350 e. The van der Waals surface area contributed by atoms with E-state index in [2.05, 4.69) is 24.4 Å². The number of amides is 1. The smallest absolute Gasteiger partial charge is 0.251 e. The molecule has 1 amide bonds. The summed E-state index contributed by atoms with van der Waals surface area (Å²) in [5, 5.41) is 3.02. The lowest BCUT2D eigenvalue weighted by atomic mass is 10.0. The Morgan fingerprint density at radius 1 is 1.13 bits per heavy atom. The standard InChI is InChI=1S/C24H32N2O3S/c1-18-13-15-26(16-14-18)30(28,29)22-12-9-19(2)23(17-22)24(27)25-20(3)10-11-21-7-5-4-6-8-21/h4-9,12,17-18,20H,10-11,13-16H2,1-3H3,(H,25,27)/t20-/m1/s1. The molecule has 1 aliphatic heterocycles. The van der Waals surface area contributed by atoms with Crippen LogP contribution in [0.4, 0.5) is 0 Å². The highest BCUT2D eigenvalue weighted by atomic mass is 32.2. The van der Waals surface area contributed by atoms with Gasteiger partial charge in [0.2, 0.25) is 10.0 Å². The fourth-order valence-electron chi connectivity index (χ4n) is 3.78. The number of sulfonamides is 1. The van der Waals surface area contributed by atoms with Crippen molar-refractivity contribution >= 4 is 15.9 Å². The van der Waals surface area contributed by atoms with Gasteiger partial charge in [-0.05, 0) is 68.7 Å². The number of nitrogens with zero attached hydrogens (tertiary/aromatic N) is 1. The van der Waals surface area contributed by atoms with Crippen molar-refractivity contribution in [2.45, 2.75) is 57.4 Å². The maximum Gasteiger partial charge on any atom is 0.251 e. The summed E-state index contributed by atoms with van der Waals surface area (Å²) >= 11 is 0. The van der Waals surface area contributed by atoms with Gasteiger partial charge in [0, 0.05) is 24.7 Å². The Hall–Kier alpha value is -2.18. The van der Waals surface area contributed by atoms with Gasteiger partial charge in [-0.25, -0.2) is 8.42 Å². The van der Waals surface area contributed by atoms with Crippen LogP contribution in [0.1, 0.15) is 54.6 Å². The number of nitrogens with one attached hydrogen (secondary N) is 1. The lowest BCUT2D eigenvalue weighted by molar-refractivity contribution is 0.0937. The summed E-state index contributed by atoms with van der Waals surface area (Å²) in [6, 6.07) is 15.0. The second-order valence-electron chi connectivity index (χ2n) is 8.46. The van der Waals surface area contributed by atoms with Crippen molar-refractivity contribution in [3.8, 4) is 0 Å². The van der Waals surface area contributed by atoms with E-state index in [4.69, 9.17) is 0 Å². The minimum Gasteiger partial charge on any atom is -0.350 e. The fourth-order valence-corrected chi connectivity index (χ4v) is 5.28.